The van der Waals surface area contributed by atoms with Crippen LogP contribution in [-0.4, -0.2) is 78.5 Å². The molecule has 3 aromatic rings. The minimum absolute atomic E-state index is 0.0451. The number of nitrogens with zero attached hydrogens (tertiary/aromatic N) is 3. The number of rotatable bonds is 8. The fourth-order valence-electron chi connectivity index (χ4n) is 5.34. The number of sulfonamides is 1. The van der Waals surface area contributed by atoms with Crippen LogP contribution in [0.5, 0.6) is 5.75 Å². The van der Waals surface area contributed by atoms with Crippen molar-refractivity contribution < 1.29 is 32.0 Å². The lowest BCUT2D eigenvalue weighted by molar-refractivity contribution is -0.138. The van der Waals surface area contributed by atoms with Crippen LogP contribution >= 0.6 is 0 Å². The second kappa shape index (κ2) is 10.4. The zero-order valence-electron chi connectivity index (χ0n) is 21.9. The van der Waals surface area contributed by atoms with Crippen LogP contribution in [0.15, 0.2) is 58.1 Å². The van der Waals surface area contributed by atoms with E-state index >= 15 is 0 Å². The number of hydrogen-bond donors (Lipinski definition) is 1. The minimum atomic E-state index is -4.01. The molecule has 206 valence electrons. The van der Waals surface area contributed by atoms with E-state index in [-0.39, 0.29) is 35.6 Å². The molecule has 0 aliphatic carbocycles. The number of amides is 2. The third-order valence-corrected chi connectivity index (χ3v) is 8.92. The van der Waals surface area contributed by atoms with Gasteiger partial charge in [0.05, 0.1) is 19.7 Å². The number of nitrogens with one attached hydrogen (secondary N) is 1. The number of aromatic nitrogens is 1. The molecule has 2 aliphatic rings. The minimum Gasteiger partial charge on any atom is -0.497 e. The van der Waals surface area contributed by atoms with Crippen molar-refractivity contribution in [3.05, 3.63) is 54.4 Å². The van der Waals surface area contributed by atoms with E-state index in [4.69, 9.17) is 9.15 Å². The third kappa shape index (κ3) is 5.01. The van der Waals surface area contributed by atoms with Gasteiger partial charge >= 0.3 is 0 Å². The number of benzene rings is 1. The van der Waals surface area contributed by atoms with Crippen molar-refractivity contribution in [2.75, 3.05) is 20.2 Å². The Hall–Kier alpha value is -3.77. The van der Waals surface area contributed by atoms with Crippen molar-refractivity contribution >= 4 is 38.6 Å². The molecule has 12 heteroatoms. The van der Waals surface area contributed by atoms with Crippen LogP contribution in [0.25, 0.3) is 11.0 Å². The van der Waals surface area contributed by atoms with E-state index in [9.17, 15) is 22.8 Å². The molecule has 0 radical (unpaired) electrons. The van der Waals surface area contributed by atoms with Gasteiger partial charge < -0.3 is 19.4 Å². The van der Waals surface area contributed by atoms with Crippen LogP contribution in [0, 0.1) is 5.92 Å². The largest absolute Gasteiger partial charge is 0.497 e. The summed E-state index contributed by atoms with van der Waals surface area (Å²) in [6.45, 7) is 3.72. The number of fused-ring (bicyclic) bond motifs is 2. The Balaban J connectivity index is 1.36. The number of ketones is 1. The summed E-state index contributed by atoms with van der Waals surface area (Å²) in [5.74, 6) is -0.621. The van der Waals surface area contributed by atoms with E-state index in [0.717, 1.165) is 4.31 Å². The molecule has 2 saturated heterocycles. The number of Topliss-reactive ketones (excluding diaryl/α,β-unsaturated/α-hetero) is 1. The molecule has 0 saturated carbocycles. The molecule has 2 aliphatic heterocycles. The fraction of sp³-hybridized carbons (Fsp3) is 0.407. The molecule has 2 aromatic heterocycles. The van der Waals surface area contributed by atoms with Gasteiger partial charge in [-0.1, -0.05) is 19.9 Å². The van der Waals surface area contributed by atoms with Crippen LogP contribution in [0.1, 0.15) is 37.2 Å². The van der Waals surface area contributed by atoms with Gasteiger partial charge in [-0.25, -0.2) is 13.4 Å². The zero-order valence-corrected chi connectivity index (χ0v) is 22.7. The average Bonchev–Trinajstić information content (AvgIpc) is 3.63. The summed E-state index contributed by atoms with van der Waals surface area (Å²) < 4.78 is 38.5. The first-order valence-electron chi connectivity index (χ1n) is 12.7. The molecular weight excluding hydrogens is 524 g/mol. The molecule has 0 spiro atoms. The smallest absolute Gasteiger partial charge is 0.287 e. The van der Waals surface area contributed by atoms with Crippen LogP contribution in [0.2, 0.25) is 0 Å². The van der Waals surface area contributed by atoms with Gasteiger partial charge in [-0.05, 0) is 55.2 Å². The lowest BCUT2D eigenvalue weighted by Gasteiger charge is -2.29. The van der Waals surface area contributed by atoms with Crippen LogP contribution in [-0.2, 0) is 19.6 Å². The van der Waals surface area contributed by atoms with Gasteiger partial charge in [0.25, 0.3) is 15.9 Å². The maximum atomic E-state index is 13.7. The number of methoxy groups -OCH3 is 1. The van der Waals surface area contributed by atoms with Crippen molar-refractivity contribution in [3.8, 4) is 5.75 Å². The third-order valence-electron chi connectivity index (χ3n) is 7.13. The summed E-state index contributed by atoms with van der Waals surface area (Å²) in [4.78, 5) is 45.3. The lowest BCUT2D eigenvalue weighted by atomic mass is 10.0. The SMILES string of the molecule is COc1ccc2oc(C(=O)NC(CC(C)C)C(=O)N3CCC4C3C(=O)CN4S(=O)(=O)c3ccccn3)cc2c1. The number of carbonyl (C=O) groups is 3. The van der Waals surface area contributed by atoms with Gasteiger partial charge in [-0.15, -0.1) is 0 Å². The molecule has 5 rings (SSSR count). The molecule has 2 fully saturated rings. The summed E-state index contributed by atoms with van der Waals surface area (Å²) in [7, 11) is -2.47. The summed E-state index contributed by atoms with van der Waals surface area (Å²) in [5, 5.41) is 3.32. The predicted octanol–water partition coefficient (Wildman–Crippen LogP) is 2.22. The van der Waals surface area contributed by atoms with E-state index < -0.39 is 40.0 Å². The highest BCUT2D eigenvalue weighted by Gasteiger charge is 2.54. The molecule has 4 heterocycles. The highest BCUT2D eigenvalue weighted by molar-refractivity contribution is 7.89. The molecule has 39 heavy (non-hydrogen) atoms. The quantitative estimate of drug-likeness (QED) is 0.447. The van der Waals surface area contributed by atoms with Crippen LogP contribution in [0.4, 0.5) is 0 Å². The van der Waals surface area contributed by atoms with Crippen molar-refractivity contribution in [3.63, 3.8) is 0 Å². The van der Waals surface area contributed by atoms with Crippen LogP contribution in [0.3, 0.4) is 0 Å². The van der Waals surface area contributed by atoms with E-state index in [2.05, 4.69) is 10.3 Å². The number of carbonyl (C=O) groups excluding carboxylic acids is 3. The van der Waals surface area contributed by atoms with Gasteiger partial charge in [-0.2, -0.15) is 4.31 Å². The Morgan fingerprint density at radius 2 is 2.00 bits per heavy atom. The summed E-state index contributed by atoms with van der Waals surface area (Å²) >= 11 is 0. The zero-order chi connectivity index (χ0) is 27.9. The highest BCUT2D eigenvalue weighted by atomic mass is 32.2. The topological polar surface area (TPSA) is 139 Å². The first-order chi connectivity index (χ1) is 18.6. The van der Waals surface area contributed by atoms with Gasteiger partial charge in [0.2, 0.25) is 5.91 Å². The Kier molecular flexibility index (Phi) is 7.17. The second-order valence-electron chi connectivity index (χ2n) is 10.2. The van der Waals surface area contributed by atoms with Crippen molar-refractivity contribution in [1.29, 1.82) is 0 Å². The predicted molar refractivity (Wildman–Crippen MR) is 141 cm³/mol. The molecule has 11 nitrogen and oxygen atoms in total. The van der Waals surface area contributed by atoms with Gasteiger partial charge in [0.15, 0.2) is 16.6 Å². The number of hydrogen-bond acceptors (Lipinski definition) is 8. The number of ether oxygens (including phenoxy) is 1. The normalized spacial score (nSPS) is 20.4. The molecule has 1 N–H and O–H groups in total. The standard InChI is InChI=1S/C27H30N4O7S/c1-16(2)12-19(29-26(33)23-14-17-13-18(37-3)7-8-22(17)38-23)27(34)30-11-9-20-25(30)21(32)15-31(20)39(35,36)24-6-4-5-10-28-24/h4-8,10,13-14,16,19-20,25H,9,11-12,15H2,1-3H3,(H,29,33). The molecular formula is C27H30N4O7S. The first-order valence-corrected chi connectivity index (χ1v) is 14.2. The van der Waals surface area contributed by atoms with Crippen molar-refractivity contribution in [2.24, 2.45) is 5.92 Å². The fourth-order valence-corrected chi connectivity index (χ4v) is 6.90. The molecule has 2 amide bonds. The highest BCUT2D eigenvalue weighted by Crippen LogP contribution is 2.34. The molecule has 3 atom stereocenters. The van der Waals surface area contributed by atoms with Gasteiger partial charge in [0.1, 0.15) is 23.4 Å². The van der Waals surface area contributed by atoms with Crippen LogP contribution < -0.4 is 10.1 Å². The summed E-state index contributed by atoms with van der Waals surface area (Å²) in [6.07, 6.45) is 2.02. The maximum Gasteiger partial charge on any atom is 0.287 e. The van der Waals surface area contributed by atoms with Gasteiger partial charge in [0, 0.05) is 18.1 Å². The molecule has 0 bridgehead atoms. The van der Waals surface area contributed by atoms with Gasteiger partial charge in [-0.3, -0.25) is 14.4 Å². The molecule has 3 unspecified atom stereocenters. The van der Waals surface area contributed by atoms with Crippen molar-refractivity contribution in [2.45, 2.75) is 49.8 Å². The summed E-state index contributed by atoms with van der Waals surface area (Å²) in [5.41, 5.74) is 0.501. The molecule has 1 aromatic carbocycles. The monoisotopic (exact) mass is 554 g/mol. The summed E-state index contributed by atoms with van der Waals surface area (Å²) in [6, 6.07) is 8.78. The Labute approximate surface area is 226 Å². The van der Waals surface area contributed by atoms with Crippen molar-refractivity contribution in [1.82, 2.24) is 19.5 Å². The Morgan fingerprint density at radius 3 is 2.69 bits per heavy atom. The average molecular weight is 555 g/mol. The number of furan rings is 1. The van der Waals surface area contributed by atoms with E-state index in [1.54, 1.807) is 43.5 Å². The number of likely N-dealkylation sites (tertiary alicyclic amines) is 1. The Morgan fingerprint density at radius 1 is 1.21 bits per heavy atom. The van der Waals surface area contributed by atoms with E-state index in [0.29, 0.717) is 29.6 Å². The maximum absolute atomic E-state index is 13.7. The Bertz CT molecular complexity index is 1520. The number of pyridine rings is 1. The first kappa shape index (κ1) is 26.8. The second-order valence-corrected chi connectivity index (χ2v) is 12.0. The lowest BCUT2D eigenvalue weighted by Crippen LogP contribution is -2.53. The van der Waals surface area contributed by atoms with E-state index in [1.807, 2.05) is 13.8 Å². The van der Waals surface area contributed by atoms with E-state index in [1.165, 1.54) is 17.2 Å².